The average molecular weight is 229 g/mol. The zero-order valence-electron chi connectivity index (χ0n) is 10.7. The number of aliphatic hydroxyl groups is 1. The second-order valence-corrected chi connectivity index (χ2v) is 6.00. The summed E-state index contributed by atoms with van der Waals surface area (Å²) in [6, 6.07) is 8.70. The van der Waals surface area contributed by atoms with E-state index in [1.807, 2.05) is 0 Å². The lowest BCUT2D eigenvalue weighted by Crippen LogP contribution is -2.19. The van der Waals surface area contributed by atoms with Crippen molar-refractivity contribution in [3.63, 3.8) is 0 Å². The van der Waals surface area contributed by atoms with Crippen molar-refractivity contribution in [2.45, 2.75) is 25.7 Å². The second kappa shape index (κ2) is 3.14. The average Bonchev–Trinajstić information content (AvgIpc) is 2.69. The van der Waals surface area contributed by atoms with E-state index < -0.39 is 0 Å². The van der Waals surface area contributed by atoms with Crippen molar-refractivity contribution in [3.05, 3.63) is 36.0 Å². The summed E-state index contributed by atoms with van der Waals surface area (Å²) in [7, 11) is 2.07. The lowest BCUT2D eigenvalue weighted by molar-refractivity contribution is 0.231. The topological polar surface area (TPSA) is 25.2 Å². The molecule has 1 N–H and O–H groups in total. The van der Waals surface area contributed by atoms with Crippen molar-refractivity contribution in [2.24, 2.45) is 12.5 Å². The first-order valence-electron chi connectivity index (χ1n) is 6.17. The number of hydrogen-bond acceptors (Lipinski definition) is 1. The maximum Gasteiger partial charge on any atom is 0.0533 e. The minimum atomic E-state index is -0.0224. The maximum absolute atomic E-state index is 9.73. The number of fused-ring (bicyclic) bond motifs is 1. The molecule has 1 aliphatic carbocycles. The number of nitrogens with zero attached hydrogens (tertiary/aromatic N) is 1. The number of benzene rings is 1. The Balaban J connectivity index is 2.15. The summed E-state index contributed by atoms with van der Waals surface area (Å²) in [4.78, 5) is 0. The molecule has 1 aromatic heterocycles. The van der Waals surface area contributed by atoms with Crippen molar-refractivity contribution in [1.29, 1.82) is 0 Å². The summed E-state index contributed by atoms with van der Waals surface area (Å²) in [6.07, 6.45) is 3.16. The van der Waals surface area contributed by atoms with Crippen LogP contribution in [0.4, 0.5) is 0 Å². The van der Waals surface area contributed by atoms with Gasteiger partial charge in [0.2, 0.25) is 0 Å². The van der Waals surface area contributed by atoms with Crippen LogP contribution in [0.25, 0.3) is 10.9 Å². The molecule has 1 aliphatic rings. The Bertz CT molecular complexity index is 582. The highest BCUT2D eigenvalue weighted by Crippen LogP contribution is 2.64. The highest BCUT2D eigenvalue weighted by atomic mass is 16.3. The summed E-state index contributed by atoms with van der Waals surface area (Å²) in [5.41, 5.74) is 2.73. The van der Waals surface area contributed by atoms with Gasteiger partial charge in [-0.25, -0.2) is 0 Å². The third-order valence-electron chi connectivity index (χ3n) is 4.62. The largest absolute Gasteiger partial charge is 0.395 e. The number of hydrogen-bond donors (Lipinski definition) is 1. The van der Waals surface area contributed by atoms with Gasteiger partial charge in [0.25, 0.3) is 0 Å². The molecule has 1 unspecified atom stereocenters. The van der Waals surface area contributed by atoms with Crippen LogP contribution >= 0.6 is 0 Å². The predicted octanol–water partition coefficient (Wildman–Crippen LogP) is 2.84. The zero-order chi connectivity index (χ0) is 12.3. The fraction of sp³-hybridized carbons (Fsp3) is 0.467. The first-order chi connectivity index (χ1) is 8.00. The number of aliphatic hydroxyl groups excluding tert-OH is 1. The van der Waals surface area contributed by atoms with E-state index in [2.05, 4.69) is 55.9 Å². The van der Waals surface area contributed by atoms with E-state index in [1.54, 1.807) is 0 Å². The molecule has 0 amide bonds. The van der Waals surface area contributed by atoms with E-state index in [1.165, 1.54) is 16.5 Å². The van der Waals surface area contributed by atoms with Gasteiger partial charge in [-0.05, 0) is 34.9 Å². The first kappa shape index (κ1) is 10.8. The van der Waals surface area contributed by atoms with E-state index in [0.717, 1.165) is 6.42 Å². The van der Waals surface area contributed by atoms with E-state index in [0.29, 0.717) is 0 Å². The Kier molecular flexibility index (Phi) is 2.00. The van der Waals surface area contributed by atoms with Gasteiger partial charge in [0.05, 0.1) is 6.61 Å². The summed E-state index contributed by atoms with van der Waals surface area (Å²) in [5, 5.41) is 11.0. The van der Waals surface area contributed by atoms with E-state index in [4.69, 9.17) is 0 Å². The van der Waals surface area contributed by atoms with Crippen LogP contribution in [0.1, 0.15) is 25.8 Å². The molecule has 0 aliphatic heterocycles. The Morgan fingerprint density at radius 2 is 2.00 bits per heavy atom. The molecule has 17 heavy (non-hydrogen) atoms. The lowest BCUT2D eigenvalue weighted by atomic mass is 9.88. The monoisotopic (exact) mass is 229 g/mol. The van der Waals surface area contributed by atoms with Gasteiger partial charge in [0.15, 0.2) is 0 Å². The van der Waals surface area contributed by atoms with Crippen LogP contribution in [-0.4, -0.2) is 16.3 Å². The van der Waals surface area contributed by atoms with Gasteiger partial charge in [-0.15, -0.1) is 0 Å². The number of rotatable bonds is 2. The van der Waals surface area contributed by atoms with Crippen LogP contribution in [0, 0.1) is 5.41 Å². The molecule has 0 bridgehead atoms. The summed E-state index contributed by atoms with van der Waals surface area (Å²) < 4.78 is 2.14. The predicted molar refractivity (Wildman–Crippen MR) is 70.1 cm³/mol. The van der Waals surface area contributed by atoms with Gasteiger partial charge in [0, 0.05) is 24.2 Å². The molecule has 0 saturated heterocycles. The van der Waals surface area contributed by atoms with Crippen molar-refractivity contribution in [2.75, 3.05) is 6.61 Å². The normalized spacial score (nSPS) is 26.4. The van der Waals surface area contributed by atoms with Crippen LogP contribution in [0.3, 0.4) is 0 Å². The molecule has 2 aromatic rings. The van der Waals surface area contributed by atoms with E-state index in [9.17, 15) is 5.11 Å². The van der Waals surface area contributed by atoms with Crippen molar-refractivity contribution < 1.29 is 5.11 Å². The summed E-state index contributed by atoms with van der Waals surface area (Å²) in [6.45, 7) is 4.72. The first-order valence-corrected chi connectivity index (χ1v) is 6.17. The zero-order valence-corrected chi connectivity index (χ0v) is 10.7. The van der Waals surface area contributed by atoms with E-state index >= 15 is 0 Å². The molecule has 2 nitrogen and oxygen atoms in total. The number of aryl methyl sites for hydroxylation is 1. The van der Waals surface area contributed by atoms with Crippen LogP contribution in [-0.2, 0) is 12.5 Å². The third-order valence-corrected chi connectivity index (χ3v) is 4.62. The lowest BCUT2D eigenvalue weighted by Gasteiger charge is -2.18. The Morgan fingerprint density at radius 1 is 1.29 bits per heavy atom. The Labute approximate surface area is 102 Å². The standard InChI is InChI=1S/C15H19NO/c1-14(2)9-15(14,10-17)12-5-4-11-6-7-16(3)13(11)8-12/h4-8,17H,9-10H2,1-3H3. The molecule has 3 rings (SSSR count). The van der Waals surface area contributed by atoms with Gasteiger partial charge < -0.3 is 9.67 Å². The molecule has 90 valence electrons. The molecular formula is C15H19NO. The highest BCUT2D eigenvalue weighted by Gasteiger charge is 2.61. The molecule has 1 atom stereocenters. The van der Waals surface area contributed by atoms with Crippen molar-refractivity contribution in [1.82, 2.24) is 4.57 Å². The van der Waals surface area contributed by atoms with Gasteiger partial charge >= 0.3 is 0 Å². The molecular weight excluding hydrogens is 210 g/mol. The molecule has 1 aromatic carbocycles. The molecule has 0 spiro atoms. The third kappa shape index (κ3) is 1.31. The molecule has 2 heteroatoms. The second-order valence-electron chi connectivity index (χ2n) is 6.00. The van der Waals surface area contributed by atoms with E-state index in [-0.39, 0.29) is 17.4 Å². The maximum atomic E-state index is 9.73. The van der Waals surface area contributed by atoms with Crippen molar-refractivity contribution >= 4 is 10.9 Å². The Morgan fingerprint density at radius 3 is 2.59 bits per heavy atom. The minimum Gasteiger partial charge on any atom is -0.395 e. The van der Waals surface area contributed by atoms with Crippen LogP contribution in [0.5, 0.6) is 0 Å². The highest BCUT2D eigenvalue weighted by molar-refractivity contribution is 5.81. The SMILES string of the molecule is Cn1ccc2ccc(C3(CO)CC3(C)C)cc21. The molecule has 1 saturated carbocycles. The van der Waals surface area contributed by atoms with Gasteiger partial charge in [0.1, 0.15) is 0 Å². The van der Waals surface area contributed by atoms with Crippen LogP contribution < -0.4 is 0 Å². The van der Waals surface area contributed by atoms with Crippen molar-refractivity contribution in [3.8, 4) is 0 Å². The molecule has 1 fully saturated rings. The molecule has 0 radical (unpaired) electrons. The molecule has 1 heterocycles. The minimum absolute atomic E-state index is 0.0224. The fourth-order valence-corrected chi connectivity index (χ4v) is 3.12. The van der Waals surface area contributed by atoms with Crippen LogP contribution in [0.15, 0.2) is 30.5 Å². The summed E-state index contributed by atoms with van der Waals surface area (Å²) in [5.74, 6) is 0. The van der Waals surface area contributed by atoms with Gasteiger partial charge in [-0.3, -0.25) is 0 Å². The summed E-state index contributed by atoms with van der Waals surface area (Å²) >= 11 is 0. The Hall–Kier alpha value is -1.28. The fourth-order valence-electron chi connectivity index (χ4n) is 3.12. The quantitative estimate of drug-likeness (QED) is 0.841. The van der Waals surface area contributed by atoms with Gasteiger partial charge in [-0.1, -0.05) is 26.0 Å². The van der Waals surface area contributed by atoms with Crippen LogP contribution in [0.2, 0.25) is 0 Å². The van der Waals surface area contributed by atoms with Gasteiger partial charge in [-0.2, -0.15) is 0 Å². The smallest absolute Gasteiger partial charge is 0.0533 e. The number of aromatic nitrogens is 1.